The molecule has 5 rings (SSSR count). The average Bonchev–Trinajstić information content (AvgIpc) is 3.25. The van der Waals surface area contributed by atoms with E-state index in [1.165, 1.54) is 23.5 Å². The molecular weight excluding hydrogens is 571 g/mol. The maximum Gasteiger partial charge on any atom is 0.274 e. The molecule has 0 radical (unpaired) electrons. The van der Waals surface area contributed by atoms with E-state index >= 15 is 0 Å². The highest BCUT2D eigenvalue weighted by Crippen LogP contribution is 2.35. The van der Waals surface area contributed by atoms with E-state index < -0.39 is 0 Å². The van der Waals surface area contributed by atoms with Crippen molar-refractivity contribution in [3.05, 3.63) is 100 Å². The fraction of sp³-hybridized carbons (Fsp3) is 0.120. The second-order valence-electron chi connectivity index (χ2n) is 7.80. The Labute approximate surface area is 209 Å². The summed E-state index contributed by atoms with van der Waals surface area (Å²) in [5, 5.41) is 0. The van der Waals surface area contributed by atoms with E-state index in [0.29, 0.717) is 21.8 Å². The van der Waals surface area contributed by atoms with Crippen LogP contribution >= 0.6 is 43.2 Å². The summed E-state index contributed by atoms with van der Waals surface area (Å²) >= 11 is 8.50. The number of hydrogen-bond donors (Lipinski definition) is 0. The van der Waals surface area contributed by atoms with Gasteiger partial charge in [0.05, 0.1) is 24.5 Å². The van der Waals surface area contributed by atoms with Gasteiger partial charge in [0.2, 0.25) is 0 Å². The predicted molar refractivity (Wildman–Crippen MR) is 138 cm³/mol. The molecule has 5 aromatic rings. The minimum atomic E-state index is -0.280. The molecule has 0 N–H and O–H groups in total. The Morgan fingerprint density at radius 1 is 1.06 bits per heavy atom. The molecule has 0 saturated carbocycles. The van der Waals surface area contributed by atoms with Crippen LogP contribution in [0, 0.1) is 19.7 Å². The maximum absolute atomic E-state index is 13.2. The summed E-state index contributed by atoms with van der Waals surface area (Å²) in [5.74, 6) is 0.356. The fourth-order valence-electron chi connectivity index (χ4n) is 3.61. The maximum atomic E-state index is 13.2. The second-order valence-corrected chi connectivity index (χ2v) is 10.5. The summed E-state index contributed by atoms with van der Waals surface area (Å²) in [6.07, 6.45) is 1.85. The van der Waals surface area contributed by atoms with Crippen LogP contribution in [-0.4, -0.2) is 9.38 Å². The Kier molecular flexibility index (Phi) is 5.84. The lowest BCUT2D eigenvalue weighted by molar-refractivity contribution is 0.302. The Hall–Kier alpha value is -2.55. The molecule has 0 bridgehead atoms. The number of fused-ring (bicyclic) bond motifs is 3. The number of aromatic nitrogens is 2. The fourth-order valence-corrected chi connectivity index (χ4v) is 6.04. The highest BCUT2D eigenvalue weighted by Gasteiger charge is 2.13. The first-order chi connectivity index (χ1) is 15.8. The molecule has 0 spiro atoms. The van der Waals surface area contributed by atoms with Crippen LogP contribution in [0.15, 0.2) is 62.3 Å². The molecule has 0 unspecified atom stereocenters. The molecule has 0 amide bonds. The van der Waals surface area contributed by atoms with Gasteiger partial charge in [-0.1, -0.05) is 23.5 Å². The van der Waals surface area contributed by atoms with Crippen LogP contribution < -0.4 is 14.8 Å². The smallest absolute Gasteiger partial charge is 0.274 e. The molecular formula is C25H17Br2FN2O2S. The first-order valence-corrected chi connectivity index (χ1v) is 12.5. The van der Waals surface area contributed by atoms with Gasteiger partial charge in [-0.25, -0.2) is 13.8 Å². The van der Waals surface area contributed by atoms with Gasteiger partial charge in [-0.3, -0.25) is 4.79 Å². The zero-order chi connectivity index (χ0) is 23.3. The van der Waals surface area contributed by atoms with Crippen LogP contribution in [0.1, 0.15) is 22.3 Å². The number of hydrogen-bond acceptors (Lipinski definition) is 4. The summed E-state index contributed by atoms with van der Waals surface area (Å²) in [5.41, 5.74) is 5.59. The highest BCUT2D eigenvalue weighted by molar-refractivity contribution is 9.11. The number of aryl methyl sites for hydroxylation is 2. The lowest BCUT2D eigenvalue weighted by atomic mass is 10.1. The largest absolute Gasteiger partial charge is 0.487 e. The Balaban J connectivity index is 1.50. The van der Waals surface area contributed by atoms with Crippen LogP contribution in [0.4, 0.5) is 4.39 Å². The van der Waals surface area contributed by atoms with Crippen LogP contribution in [0.25, 0.3) is 22.1 Å². The molecule has 4 nitrogen and oxygen atoms in total. The van der Waals surface area contributed by atoms with Crippen molar-refractivity contribution in [3.8, 4) is 5.75 Å². The summed E-state index contributed by atoms with van der Waals surface area (Å²) in [6, 6.07) is 14.0. The molecule has 0 aliphatic heterocycles. The van der Waals surface area contributed by atoms with Crippen molar-refractivity contribution in [1.29, 1.82) is 0 Å². The summed E-state index contributed by atoms with van der Waals surface area (Å²) < 4.78 is 22.8. The number of benzene rings is 3. The van der Waals surface area contributed by atoms with Crippen molar-refractivity contribution in [1.82, 2.24) is 9.38 Å². The molecule has 0 aliphatic rings. The SMILES string of the molecule is Cc1cc2nc3s/c(=C\c4cc(Br)c(OCc5ccc(F)cc5)c(Br)c4)c(=O)n3c2cc1C. The van der Waals surface area contributed by atoms with Gasteiger partial charge in [0.25, 0.3) is 5.56 Å². The highest BCUT2D eigenvalue weighted by atomic mass is 79.9. The molecule has 0 saturated heterocycles. The monoisotopic (exact) mass is 586 g/mol. The van der Waals surface area contributed by atoms with Gasteiger partial charge in [-0.05, 0) is 110 Å². The first kappa shape index (κ1) is 22.3. The van der Waals surface area contributed by atoms with Crippen molar-refractivity contribution >= 4 is 65.3 Å². The first-order valence-electron chi connectivity index (χ1n) is 10.1. The average molecular weight is 588 g/mol. The van der Waals surface area contributed by atoms with Gasteiger partial charge in [0, 0.05) is 0 Å². The number of rotatable bonds is 4. The number of thiazole rings is 1. The molecule has 2 aromatic heterocycles. The minimum Gasteiger partial charge on any atom is -0.487 e. The Bertz CT molecular complexity index is 1620. The third-order valence-electron chi connectivity index (χ3n) is 5.47. The third-order valence-corrected chi connectivity index (χ3v) is 7.62. The van der Waals surface area contributed by atoms with E-state index in [-0.39, 0.29) is 11.4 Å². The third kappa shape index (κ3) is 4.23. The summed E-state index contributed by atoms with van der Waals surface area (Å²) in [6.45, 7) is 4.38. The molecule has 3 aromatic carbocycles. The molecule has 8 heteroatoms. The molecule has 0 atom stereocenters. The number of halogens is 3. The van der Waals surface area contributed by atoms with E-state index in [0.717, 1.165) is 42.2 Å². The molecule has 2 heterocycles. The lowest BCUT2D eigenvalue weighted by Crippen LogP contribution is -2.22. The van der Waals surface area contributed by atoms with E-state index in [9.17, 15) is 9.18 Å². The summed E-state index contributed by atoms with van der Waals surface area (Å²) in [7, 11) is 0. The zero-order valence-corrected chi connectivity index (χ0v) is 21.6. The van der Waals surface area contributed by atoms with Crippen molar-refractivity contribution in [3.63, 3.8) is 0 Å². The van der Waals surface area contributed by atoms with Gasteiger partial charge >= 0.3 is 0 Å². The van der Waals surface area contributed by atoms with E-state index in [1.54, 1.807) is 16.5 Å². The van der Waals surface area contributed by atoms with Crippen LogP contribution in [0.5, 0.6) is 5.75 Å². The van der Waals surface area contributed by atoms with E-state index in [1.807, 2.05) is 44.2 Å². The number of ether oxygens (including phenoxy) is 1. The van der Waals surface area contributed by atoms with Crippen LogP contribution in [0.2, 0.25) is 0 Å². The topological polar surface area (TPSA) is 43.6 Å². The lowest BCUT2D eigenvalue weighted by Gasteiger charge is -2.11. The van der Waals surface area contributed by atoms with Crippen molar-refractivity contribution in [2.24, 2.45) is 0 Å². The predicted octanol–water partition coefficient (Wildman–Crippen LogP) is 6.32. The summed E-state index contributed by atoms with van der Waals surface area (Å²) in [4.78, 5) is 18.5. The molecule has 0 aliphatic carbocycles. The van der Waals surface area contributed by atoms with E-state index in [4.69, 9.17) is 4.74 Å². The van der Waals surface area contributed by atoms with Gasteiger partial charge in [-0.15, -0.1) is 0 Å². The standard InChI is InChI=1S/C25H17Br2FN2O2S/c1-13-7-20-21(8-14(13)2)30-24(31)22(33-25(30)29-20)11-16-9-18(26)23(19(27)10-16)32-12-15-3-5-17(28)6-4-15/h3-11H,12H2,1-2H3/b22-11-. The molecule has 166 valence electrons. The Morgan fingerprint density at radius 3 is 2.42 bits per heavy atom. The normalized spacial score (nSPS) is 12.2. The van der Waals surface area contributed by atoms with Gasteiger partial charge in [0.1, 0.15) is 18.2 Å². The Morgan fingerprint density at radius 2 is 1.73 bits per heavy atom. The van der Waals surface area contributed by atoms with E-state index in [2.05, 4.69) is 36.8 Å². The minimum absolute atomic E-state index is 0.0790. The number of imidazole rings is 1. The van der Waals surface area contributed by atoms with Gasteiger partial charge in [-0.2, -0.15) is 0 Å². The van der Waals surface area contributed by atoms with Gasteiger partial charge in [0.15, 0.2) is 4.96 Å². The van der Waals surface area contributed by atoms with Crippen LogP contribution in [-0.2, 0) is 6.61 Å². The van der Waals surface area contributed by atoms with Crippen molar-refractivity contribution in [2.45, 2.75) is 20.5 Å². The van der Waals surface area contributed by atoms with Gasteiger partial charge < -0.3 is 4.74 Å². The zero-order valence-electron chi connectivity index (χ0n) is 17.7. The quantitative estimate of drug-likeness (QED) is 0.247. The number of nitrogens with zero attached hydrogens (tertiary/aromatic N) is 2. The van der Waals surface area contributed by atoms with Crippen molar-refractivity contribution < 1.29 is 9.13 Å². The second kappa shape index (κ2) is 8.66. The molecule has 0 fully saturated rings. The molecule has 33 heavy (non-hydrogen) atoms. The van der Waals surface area contributed by atoms with Crippen molar-refractivity contribution in [2.75, 3.05) is 0 Å². The van der Waals surface area contributed by atoms with Crippen LogP contribution in [0.3, 0.4) is 0 Å².